The van der Waals surface area contributed by atoms with Gasteiger partial charge in [-0.15, -0.1) is 0 Å². The summed E-state index contributed by atoms with van der Waals surface area (Å²) < 4.78 is 10.9. The minimum atomic E-state index is -0.411. The first-order valence-corrected chi connectivity index (χ1v) is 9.28. The highest BCUT2D eigenvalue weighted by Crippen LogP contribution is 2.24. The van der Waals surface area contributed by atoms with Crippen LogP contribution < -0.4 is 5.69 Å². The molecule has 27 heavy (non-hydrogen) atoms. The normalized spacial score (nSPS) is 12.6. The number of imidazole rings is 2. The summed E-state index contributed by atoms with van der Waals surface area (Å²) in [7, 11) is 1.88. The topological polar surface area (TPSA) is 71.1 Å². The molecule has 144 valence electrons. The van der Waals surface area contributed by atoms with Gasteiger partial charge in [0.15, 0.2) is 6.10 Å². The number of hydrogen-bond acceptors (Lipinski definition) is 4. The number of para-hydroxylation sites is 2. The number of rotatable bonds is 7. The van der Waals surface area contributed by atoms with Crippen molar-refractivity contribution in [2.24, 2.45) is 13.0 Å². The zero-order chi connectivity index (χ0) is 19.6. The van der Waals surface area contributed by atoms with Crippen molar-refractivity contribution in [3.8, 4) is 0 Å². The molecule has 0 N–H and O–H groups in total. The van der Waals surface area contributed by atoms with E-state index in [1.807, 2.05) is 62.8 Å². The number of nitrogens with zero attached hydrogens (tertiary/aromatic N) is 4. The molecule has 0 fully saturated rings. The van der Waals surface area contributed by atoms with Crippen LogP contribution in [0.15, 0.2) is 41.5 Å². The Hall–Kier alpha value is -2.83. The van der Waals surface area contributed by atoms with Crippen LogP contribution in [0.2, 0.25) is 0 Å². The fourth-order valence-corrected chi connectivity index (χ4v) is 3.34. The van der Waals surface area contributed by atoms with E-state index in [0.717, 1.165) is 16.9 Å². The maximum absolute atomic E-state index is 12.7. The van der Waals surface area contributed by atoms with E-state index in [2.05, 4.69) is 4.98 Å². The van der Waals surface area contributed by atoms with Gasteiger partial charge in [0.25, 0.3) is 0 Å². The van der Waals surface area contributed by atoms with Gasteiger partial charge in [0.05, 0.1) is 17.5 Å². The molecule has 0 aliphatic carbocycles. The molecule has 7 heteroatoms. The predicted octanol–water partition coefficient (Wildman–Crippen LogP) is 2.89. The largest absolute Gasteiger partial charge is 0.454 e. The van der Waals surface area contributed by atoms with Gasteiger partial charge in [0, 0.05) is 32.5 Å². The fourth-order valence-electron chi connectivity index (χ4n) is 3.34. The quantitative estimate of drug-likeness (QED) is 0.600. The van der Waals surface area contributed by atoms with E-state index in [1.54, 1.807) is 15.3 Å². The van der Waals surface area contributed by atoms with Gasteiger partial charge >= 0.3 is 11.7 Å². The molecular weight excluding hydrogens is 344 g/mol. The van der Waals surface area contributed by atoms with E-state index in [4.69, 9.17) is 4.74 Å². The molecule has 2 heterocycles. The lowest BCUT2D eigenvalue weighted by Gasteiger charge is -2.21. The third-order valence-electron chi connectivity index (χ3n) is 4.76. The van der Waals surface area contributed by atoms with Crippen molar-refractivity contribution in [1.82, 2.24) is 18.7 Å². The number of ether oxygens (including phenoxy) is 1. The first kappa shape index (κ1) is 18.9. The Balaban J connectivity index is 1.76. The minimum Gasteiger partial charge on any atom is -0.454 e. The highest BCUT2D eigenvalue weighted by atomic mass is 16.5. The predicted molar refractivity (Wildman–Crippen MR) is 103 cm³/mol. The summed E-state index contributed by atoms with van der Waals surface area (Å²) >= 11 is 0. The molecule has 2 aromatic heterocycles. The van der Waals surface area contributed by atoms with Gasteiger partial charge < -0.3 is 9.30 Å². The van der Waals surface area contributed by atoms with Crippen molar-refractivity contribution in [2.45, 2.75) is 46.4 Å². The summed E-state index contributed by atoms with van der Waals surface area (Å²) in [5, 5.41) is 0. The highest BCUT2D eigenvalue weighted by Gasteiger charge is 2.24. The summed E-state index contributed by atoms with van der Waals surface area (Å²) in [6.07, 6.45) is 3.24. The lowest BCUT2D eigenvalue weighted by molar-refractivity contribution is -0.152. The molecule has 3 rings (SSSR count). The van der Waals surface area contributed by atoms with Crippen LogP contribution >= 0.6 is 0 Å². The number of aromatic nitrogens is 4. The fraction of sp³-hybridized carbons (Fsp3) is 0.450. The molecule has 0 aliphatic heterocycles. The Morgan fingerprint density at radius 1 is 1.19 bits per heavy atom. The summed E-state index contributed by atoms with van der Waals surface area (Å²) in [6.45, 7) is 6.80. The van der Waals surface area contributed by atoms with Crippen LogP contribution in [0, 0.1) is 5.92 Å². The molecule has 0 unspecified atom stereocenters. The van der Waals surface area contributed by atoms with Crippen LogP contribution in [-0.2, 0) is 29.7 Å². The molecule has 0 saturated carbocycles. The maximum Gasteiger partial charge on any atom is 0.329 e. The van der Waals surface area contributed by atoms with E-state index in [-0.39, 0.29) is 30.5 Å². The third kappa shape index (κ3) is 3.67. The van der Waals surface area contributed by atoms with Crippen LogP contribution in [-0.4, -0.2) is 24.7 Å². The first-order valence-electron chi connectivity index (χ1n) is 9.28. The second-order valence-corrected chi connectivity index (χ2v) is 6.97. The Morgan fingerprint density at radius 3 is 2.41 bits per heavy atom. The molecule has 0 saturated heterocycles. The van der Waals surface area contributed by atoms with Crippen molar-refractivity contribution in [1.29, 1.82) is 0 Å². The van der Waals surface area contributed by atoms with Gasteiger partial charge in [0.2, 0.25) is 0 Å². The van der Waals surface area contributed by atoms with Gasteiger partial charge in [-0.2, -0.15) is 0 Å². The minimum absolute atomic E-state index is 0.0970. The third-order valence-corrected chi connectivity index (χ3v) is 4.76. The van der Waals surface area contributed by atoms with Gasteiger partial charge in [-0.3, -0.25) is 13.9 Å². The molecule has 3 aromatic rings. The molecular formula is C20H26N4O3. The number of carbonyl (C=O) groups excluding carboxylic acids is 1. The standard InChI is InChI=1S/C20H26N4O3/c1-5-23-15-8-6-7-9-16(15)24(20(23)26)12-10-17(25)27-18(14(2)3)19-21-11-13-22(19)4/h6-9,11,13-14,18H,5,10,12H2,1-4H3/t18-/m1/s1. The van der Waals surface area contributed by atoms with Gasteiger partial charge in [-0.25, -0.2) is 9.78 Å². The Kier molecular flexibility index (Phi) is 5.48. The lowest BCUT2D eigenvalue weighted by Crippen LogP contribution is -2.26. The van der Waals surface area contributed by atoms with E-state index in [1.165, 1.54) is 0 Å². The smallest absolute Gasteiger partial charge is 0.329 e. The van der Waals surface area contributed by atoms with Crippen molar-refractivity contribution in [2.75, 3.05) is 0 Å². The van der Waals surface area contributed by atoms with Crippen molar-refractivity contribution < 1.29 is 9.53 Å². The first-order chi connectivity index (χ1) is 12.9. The van der Waals surface area contributed by atoms with E-state index >= 15 is 0 Å². The zero-order valence-corrected chi connectivity index (χ0v) is 16.3. The van der Waals surface area contributed by atoms with Crippen LogP contribution in [0.4, 0.5) is 0 Å². The lowest BCUT2D eigenvalue weighted by atomic mass is 10.1. The summed E-state index contributed by atoms with van der Waals surface area (Å²) in [4.78, 5) is 29.4. The van der Waals surface area contributed by atoms with Crippen LogP contribution in [0.1, 0.15) is 39.1 Å². The van der Waals surface area contributed by atoms with Gasteiger partial charge in [-0.05, 0) is 25.0 Å². The SMILES string of the molecule is CCn1c(=O)n(CCC(=O)O[C@@H](c2nccn2C)C(C)C)c2ccccc21. The molecule has 1 aromatic carbocycles. The monoisotopic (exact) mass is 370 g/mol. The molecule has 0 spiro atoms. The molecule has 0 aliphatic rings. The van der Waals surface area contributed by atoms with Crippen molar-refractivity contribution in [3.63, 3.8) is 0 Å². The van der Waals surface area contributed by atoms with Crippen LogP contribution in [0.25, 0.3) is 11.0 Å². The number of esters is 1. The second-order valence-electron chi connectivity index (χ2n) is 6.97. The van der Waals surface area contributed by atoms with Crippen molar-refractivity contribution >= 4 is 17.0 Å². The number of benzene rings is 1. The average molecular weight is 370 g/mol. The number of carbonyl (C=O) groups is 1. The Labute approximate surface area is 158 Å². The Bertz CT molecular complexity index is 996. The Morgan fingerprint density at radius 2 is 1.85 bits per heavy atom. The van der Waals surface area contributed by atoms with Crippen LogP contribution in [0.5, 0.6) is 0 Å². The number of hydrogen-bond donors (Lipinski definition) is 0. The maximum atomic E-state index is 12.7. The van der Waals surface area contributed by atoms with E-state index in [9.17, 15) is 9.59 Å². The molecule has 0 amide bonds. The molecule has 0 bridgehead atoms. The molecule has 0 radical (unpaired) electrons. The molecule has 7 nitrogen and oxygen atoms in total. The summed E-state index contributed by atoms with van der Waals surface area (Å²) in [6, 6.07) is 7.63. The van der Waals surface area contributed by atoms with E-state index < -0.39 is 6.10 Å². The molecule has 1 atom stereocenters. The highest BCUT2D eigenvalue weighted by molar-refractivity contribution is 5.76. The summed E-state index contributed by atoms with van der Waals surface area (Å²) in [5.41, 5.74) is 1.61. The van der Waals surface area contributed by atoms with Gasteiger partial charge in [-0.1, -0.05) is 26.0 Å². The summed E-state index contributed by atoms with van der Waals surface area (Å²) in [5.74, 6) is 0.481. The number of fused-ring (bicyclic) bond motifs is 1. The second kappa shape index (κ2) is 7.82. The average Bonchev–Trinajstić information content (AvgIpc) is 3.18. The van der Waals surface area contributed by atoms with Crippen molar-refractivity contribution in [3.05, 3.63) is 53.0 Å². The van der Waals surface area contributed by atoms with Gasteiger partial charge in [0.1, 0.15) is 5.82 Å². The number of aryl methyl sites for hydroxylation is 3. The van der Waals surface area contributed by atoms with Crippen LogP contribution in [0.3, 0.4) is 0 Å². The zero-order valence-electron chi connectivity index (χ0n) is 16.3. The van der Waals surface area contributed by atoms with E-state index in [0.29, 0.717) is 6.54 Å².